The van der Waals surface area contributed by atoms with Crippen molar-refractivity contribution in [3.8, 4) is 0 Å². The molecule has 0 unspecified atom stereocenters. The van der Waals surface area contributed by atoms with E-state index in [9.17, 15) is 9.59 Å². The summed E-state index contributed by atoms with van der Waals surface area (Å²) in [6.45, 7) is 6.10. The van der Waals surface area contributed by atoms with Gasteiger partial charge in [-0.2, -0.15) is 5.10 Å². The Bertz CT molecular complexity index is 1070. The standard InChI is InChI=1S/C25H25BrN2O3/c1-24(2,3)28-23(30)25(21(27-28)18-9-11-20(26)12-10-18)14-13-19(15-25)22(29)31-16-17-7-5-4-6-8-17/h4-13H,14-16H2,1-3H3/t25-/m1/s1. The molecule has 5 nitrogen and oxygen atoms in total. The maximum Gasteiger partial charge on any atom is 0.334 e. The molecule has 2 aromatic carbocycles. The summed E-state index contributed by atoms with van der Waals surface area (Å²) in [6, 6.07) is 17.4. The number of hydrazone groups is 1. The van der Waals surface area contributed by atoms with Crippen LogP contribution in [0.15, 0.2) is 75.8 Å². The van der Waals surface area contributed by atoms with E-state index in [0.29, 0.717) is 24.1 Å². The molecule has 2 aliphatic rings. The number of benzene rings is 2. The molecule has 0 bridgehead atoms. The van der Waals surface area contributed by atoms with Crippen molar-refractivity contribution in [1.29, 1.82) is 0 Å². The quantitative estimate of drug-likeness (QED) is 0.561. The average molecular weight is 481 g/mol. The molecule has 1 aliphatic heterocycles. The summed E-state index contributed by atoms with van der Waals surface area (Å²) in [6.07, 6.45) is 2.57. The first-order valence-electron chi connectivity index (χ1n) is 10.3. The molecule has 0 aromatic heterocycles. The van der Waals surface area contributed by atoms with Crippen molar-refractivity contribution >= 4 is 33.5 Å². The molecule has 1 spiro atoms. The van der Waals surface area contributed by atoms with Gasteiger partial charge in [0.2, 0.25) is 0 Å². The molecule has 6 heteroatoms. The van der Waals surface area contributed by atoms with Crippen LogP contribution >= 0.6 is 15.9 Å². The smallest absolute Gasteiger partial charge is 0.334 e. The highest BCUT2D eigenvalue weighted by Crippen LogP contribution is 2.47. The molecule has 0 N–H and O–H groups in total. The maximum absolute atomic E-state index is 13.6. The van der Waals surface area contributed by atoms with Crippen LogP contribution in [0.25, 0.3) is 0 Å². The number of allylic oxidation sites excluding steroid dienone is 1. The van der Waals surface area contributed by atoms with Gasteiger partial charge in [0.15, 0.2) is 0 Å². The van der Waals surface area contributed by atoms with E-state index in [4.69, 9.17) is 9.84 Å². The second-order valence-corrected chi connectivity index (χ2v) is 9.91. The lowest BCUT2D eigenvalue weighted by Gasteiger charge is -2.31. The highest BCUT2D eigenvalue weighted by molar-refractivity contribution is 9.10. The van der Waals surface area contributed by atoms with Crippen LogP contribution in [-0.2, 0) is 20.9 Å². The maximum atomic E-state index is 13.6. The van der Waals surface area contributed by atoms with Gasteiger partial charge in [0.25, 0.3) is 5.91 Å². The third-order valence-electron chi connectivity index (χ3n) is 5.67. The van der Waals surface area contributed by atoms with Gasteiger partial charge in [-0.3, -0.25) is 4.79 Å². The Morgan fingerprint density at radius 3 is 2.45 bits per heavy atom. The van der Waals surface area contributed by atoms with Crippen LogP contribution in [0.5, 0.6) is 0 Å². The Hall–Kier alpha value is -2.73. The number of hydrogen-bond acceptors (Lipinski definition) is 4. The minimum atomic E-state index is -0.873. The number of amides is 1. The largest absolute Gasteiger partial charge is 0.457 e. The number of hydrogen-bond donors (Lipinski definition) is 0. The summed E-state index contributed by atoms with van der Waals surface area (Å²) < 4.78 is 6.48. The van der Waals surface area contributed by atoms with E-state index in [1.807, 2.05) is 81.4 Å². The summed E-state index contributed by atoms with van der Waals surface area (Å²) in [7, 11) is 0. The molecular formula is C25H25BrN2O3. The monoisotopic (exact) mass is 480 g/mol. The topological polar surface area (TPSA) is 59.0 Å². The van der Waals surface area contributed by atoms with Crippen LogP contribution in [0.1, 0.15) is 44.7 Å². The Morgan fingerprint density at radius 2 is 1.81 bits per heavy atom. The fraction of sp³-hybridized carbons (Fsp3) is 0.320. The zero-order chi connectivity index (χ0) is 22.2. The molecule has 0 fully saturated rings. The molecule has 1 heterocycles. The number of carbonyl (C=O) groups is 2. The van der Waals surface area contributed by atoms with Crippen molar-refractivity contribution in [2.75, 3.05) is 0 Å². The molecule has 1 amide bonds. The van der Waals surface area contributed by atoms with E-state index >= 15 is 0 Å². The van der Waals surface area contributed by atoms with Crippen molar-refractivity contribution in [1.82, 2.24) is 5.01 Å². The van der Waals surface area contributed by atoms with E-state index in [-0.39, 0.29) is 18.5 Å². The van der Waals surface area contributed by atoms with Gasteiger partial charge in [-0.1, -0.05) is 64.5 Å². The number of rotatable bonds is 4. The van der Waals surface area contributed by atoms with Gasteiger partial charge < -0.3 is 4.74 Å². The van der Waals surface area contributed by atoms with Crippen LogP contribution < -0.4 is 0 Å². The number of ether oxygens (including phenoxy) is 1. The van der Waals surface area contributed by atoms with Gasteiger partial charge in [0, 0.05) is 10.0 Å². The summed E-state index contributed by atoms with van der Waals surface area (Å²) in [5.41, 5.74) is 1.72. The predicted octanol–water partition coefficient (Wildman–Crippen LogP) is 5.24. The molecule has 4 rings (SSSR count). The Morgan fingerprint density at radius 1 is 1.13 bits per heavy atom. The molecule has 2 aromatic rings. The SMILES string of the molecule is CC(C)(C)N1N=C(c2ccc(Br)cc2)[C@]2(CC=C(C(=O)OCc3ccccc3)C2)C1=O. The van der Waals surface area contributed by atoms with Gasteiger partial charge in [-0.05, 0) is 56.9 Å². The van der Waals surface area contributed by atoms with Crippen molar-refractivity contribution in [2.45, 2.75) is 45.8 Å². The van der Waals surface area contributed by atoms with Crippen LogP contribution in [0.2, 0.25) is 0 Å². The van der Waals surface area contributed by atoms with Crippen LogP contribution in [0, 0.1) is 5.41 Å². The second-order valence-electron chi connectivity index (χ2n) is 9.00. The normalized spacial score (nSPS) is 20.8. The zero-order valence-corrected chi connectivity index (χ0v) is 19.5. The Kier molecular flexibility index (Phi) is 5.60. The van der Waals surface area contributed by atoms with Gasteiger partial charge in [0.05, 0.1) is 11.3 Å². The summed E-state index contributed by atoms with van der Waals surface area (Å²) in [4.78, 5) is 26.4. The van der Waals surface area contributed by atoms with Crippen molar-refractivity contribution in [3.05, 3.63) is 81.8 Å². The summed E-state index contributed by atoms with van der Waals surface area (Å²) >= 11 is 3.46. The molecule has 1 atom stereocenters. The van der Waals surface area contributed by atoms with Crippen molar-refractivity contribution < 1.29 is 14.3 Å². The van der Waals surface area contributed by atoms with Gasteiger partial charge in [-0.25, -0.2) is 9.80 Å². The first-order valence-corrected chi connectivity index (χ1v) is 11.1. The minimum Gasteiger partial charge on any atom is -0.457 e. The lowest BCUT2D eigenvalue weighted by Crippen LogP contribution is -2.45. The third-order valence-corrected chi connectivity index (χ3v) is 6.20. The first-order chi connectivity index (χ1) is 14.7. The average Bonchev–Trinajstić information content (AvgIpc) is 3.31. The number of carbonyl (C=O) groups excluding carboxylic acids is 2. The highest BCUT2D eigenvalue weighted by atomic mass is 79.9. The lowest BCUT2D eigenvalue weighted by molar-refractivity contribution is -0.141. The summed E-state index contributed by atoms with van der Waals surface area (Å²) in [5.74, 6) is -0.446. The van der Waals surface area contributed by atoms with Gasteiger partial charge in [-0.15, -0.1) is 0 Å². The van der Waals surface area contributed by atoms with E-state index < -0.39 is 11.0 Å². The Balaban J connectivity index is 1.59. The van der Waals surface area contributed by atoms with E-state index in [1.54, 1.807) is 5.01 Å². The Labute approximate surface area is 190 Å². The van der Waals surface area contributed by atoms with Crippen molar-refractivity contribution in [3.63, 3.8) is 0 Å². The zero-order valence-electron chi connectivity index (χ0n) is 17.9. The fourth-order valence-electron chi connectivity index (χ4n) is 4.02. The van der Waals surface area contributed by atoms with E-state index in [0.717, 1.165) is 15.6 Å². The van der Waals surface area contributed by atoms with Crippen LogP contribution in [0.4, 0.5) is 0 Å². The van der Waals surface area contributed by atoms with Gasteiger partial charge >= 0.3 is 5.97 Å². The van der Waals surface area contributed by atoms with Gasteiger partial charge in [0.1, 0.15) is 12.0 Å². The minimum absolute atomic E-state index is 0.0694. The number of nitrogens with zero attached hydrogens (tertiary/aromatic N) is 2. The third kappa shape index (κ3) is 4.09. The molecule has 0 radical (unpaired) electrons. The van der Waals surface area contributed by atoms with E-state index in [1.165, 1.54) is 0 Å². The highest BCUT2D eigenvalue weighted by Gasteiger charge is 2.56. The molecule has 31 heavy (non-hydrogen) atoms. The lowest BCUT2D eigenvalue weighted by atomic mass is 9.76. The van der Waals surface area contributed by atoms with E-state index in [2.05, 4.69) is 15.9 Å². The second kappa shape index (κ2) is 8.08. The molecule has 160 valence electrons. The van der Waals surface area contributed by atoms with Crippen LogP contribution in [-0.4, -0.2) is 28.1 Å². The first kappa shape index (κ1) is 21.5. The summed E-state index contributed by atoms with van der Waals surface area (Å²) in [5, 5.41) is 6.33. The predicted molar refractivity (Wildman–Crippen MR) is 123 cm³/mol. The van der Waals surface area contributed by atoms with Crippen LogP contribution in [0.3, 0.4) is 0 Å². The number of esters is 1. The molecule has 1 aliphatic carbocycles. The molecule has 0 saturated heterocycles. The van der Waals surface area contributed by atoms with Crippen molar-refractivity contribution in [2.24, 2.45) is 10.5 Å². The fourth-order valence-corrected chi connectivity index (χ4v) is 4.29. The molecular weight excluding hydrogens is 456 g/mol. The number of halogens is 1. The molecule has 0 saturated carbocycles.